The number of halogens is 5. The van der Waals surface area contributed by atoms with Crippen molar-refractivity contribution in [1.82, 2.24) is 23.3 Å². The van der Waals surface area contributed by atoms with Gasteiger partial charge in [0, 0.05) is 0 Å². The lowest BCUT2D eigenvalue weighted by Gasteiger charge is -2.11. The molecule has 3 rings (SSSR count). The van der Waals surface area contributed by atoms with Crippen molar-refractivity contribution in [1.29, 1.82) is 5.41 Å². The fourth-order valence-electron chi connectivity index (χ4n) is 1.99. The van der Waals surface area contributed by atoms with Gasteiger partial charge in [-0.2, -0.15) is 0 Å². The Balaban J connectivity index is 2.73. The maximum Gasteiger partial charge on any atom is 0.226 e. The predicted octanol–water partition coefficient (Wildman–Crippen LogP) is 4.76. The summed E-state index contributed by atoms with van der Waals surface area (Å²) in [5.74, 6) is 1.19. The van der Waals surface area contributed by atoms with Gasteiger partial charge in [-0.15, -0.1) is 0 Å². The Kier molecular flexibility index (Phi) is 4.65. The van der Waals surface area contributed by atoms with Gasteiger partial charge in [0.05, 0.1) is 4.61 Å². The fraction of sp³-hybridized carbons (Fsp3) is 0.182. The molecule has 0 amide bonds. The van der Waals surface area contributed by atoms with E-state index in [9.17, 15) is 0 Å². The number of imidazole rings is 2. The minimum Gasteiger partial charge on any atom is -0.268 e. The van der Waals surface area contributed by atoms with Gasteiger partial charge in [0.1, 0.15) is 17.5 Å². The van der Waals surface area contributed by atoms with Crippen LogP contribution in [0.1, 0.15) is 13.8 Å². The quantitative estimate of drug-likeness (QED) is 0.380. The summed E-state index contributed by atoms with van der Waals surface area (Å²) in [7, 11) is 0. The molecule has 0 saturated heterocycles. The Hall–Kier alpha value is 0.280. The van der Waals surface area contributed by atoms with Crippen molar-refractivity contribution in [2.75, 3.05) is 0 Å². The molecule has 0 saturated carbocycles. The average Bonchev–Trinajstić information content (AvgIpc) is 2.89. The van der Waals surface area contributed by atoms with Crippen LogP contribution in [0.25, 0.3) is 16.2 Å². The fourth-order valence-corrected chi connectivity index (χ4v) is 3.96. The molecular formula is C11H7Br4IN6. The number of allylic oxidation sites excluding steroid dienone is 1. The normalized spacial score (nSPS) is 11.6. The molecule has 0 aliphatic heterocycles. The first-order chi connectivity index (χ1) is 10.3. The van der Waals surface area contributed by atoms with Crippen LogP contribution in [0.15, 0.2) is 19.4 Å². The van der Waals surface area contributed by atoms with Crippen LogP contribution in [0.4, 0.5) is 0 Å². The van der Waals surface area contributed by atoms with Crippen molar-refractivity contribution in [3.05, 3.63) is 28.7 Å². The highest BCUT2D eigenvalue weighted by molar-refractivity contribution is 14.1. The smallest absolute Gasteiger partial charge is 0.226 e. The standard InChI is InChI=1S/C11H7Br4IN6/c1-3(2)6(14)20-9(17)22-8(16)5(13)19-11(22)21-7(15)4(12)18-10(20)21/h17H,1-2H3. The SMILES string of the molecule is CC(C)=C(Br)n1c(=N)n2c(I)c(Br)nc2n2c(Br)c(Br)nc12. The molecule has 0 atom stereocenters. The van der Waals surface area contributed by atoms with Crippen LogP contribution in [0.3, 0.4) is 0 Å². The van der Waals surface area contributed by atoms with Gasteiger partial charge in [0.25, 0.3) is 0 Å². The summed E-state index contributed by atoms with van der Waals surface area (Å²) in [6, 6.07) is 0. The molecular weight excluding hydrogens is 663 g/mol. The summed E-state index contributed by atoms with van der Waals surface area (Å²) in [6.07, 6.45) is 0. The van der Waals surface area contributed by atoms with Gasteiger partial charge >= 0.3 is 0 Å². The second-order valence-corrected chi connectivity index (χ2v) is 8.63. The van der Waals surface area contributed by atoms with Gasteiger partial charge in [-0.1, -0.05) is 0 Å². The summed E-state index contributed by atoms with van der Waals surface area (Å²) >= 11 is 16.1. The highest BCUT2D eigenvalue weighted by Gasteiger charge is 2.21. The van der Waals surface area contributed by atoms with E-state index < -0.39 is 0 Å². The molecule has 116 valence electrons. The highest BCUT2D eigenvalue weighted by Crippen LogP contribution is 2.29. The zero-order valence-corrected chi connectivity index (χ0v) is 19.6. The van der Waals surface area contributed by atoms with Crippen molar-refractivity contribution in [3.63, 3.8) is 0 Å². The largest absolute Gasteiger partial charge is 0.268 e. The molecule has 0 aromatic carbocycles. The molecule has 11 heteroatoms. The Morgan fingerprint density at radius 3 is 2.23 bits per heavy atom. The van der Waals surface area contributed by atoms with E-state index in [1.54, 1.807) is 8.97 Å². The van der Waals surface area contributed by atoms with Crippen LogP contribution in [-0.2, 0) is 0 Å². The first-order valence-corrected chi connectivity index (χ1v) is 10.1. The number of rotatable bonds is 1. The number of hydrogen-bond acceptors (Lipinski definition) is 3. The molecule has 0 aliphatic rings. The zero-order chi connectivity index (χ0) is 16.3. The van der Waals surface area contributed by atoms with Crippen LogP contribution >= 0.6 is 86.3 Å². The van der Waals surface area contributed by atoms with Crippen LogP contribution in [0.5, 0.6) is 0 Å². The van der Waals surface area contributed by atoms with Crippen LogP contribution < -0.4 is 5.62 Å². The van der Waals surface area contributed by atoms with E-state index in [4.69, 9.17) is 5.41 Å². The highest BCUT2D eigenvalue weighted by atomic mass is 127. The first kappa shape index (κ1) is 17.1. The lowest BCUT2D eigenvalue weighted by Crippen LogP contribution is -2.29. The van der Waals surface area contributed by atoms with Crippen molar-refractivity contribution in [2.45, 2.75) is 13.8 Å². The minimum absolute atomic E-state index is 0.253. The average molecular weight is 670 g/mol. The molecule has 3 aromatic rings. The molecule has 3 aromatic heterocycles. The Morgan fingerprint density at radius 2 is 1.64 bits per heavy atom. The van der Waals surface area contributed by atoms with E-state index >= 15 is 0 Å². The maximum atomic E-state index is 8.59. The minimum atomic E-state index is 0.253. The van der Waals surface area contributed by atoms with Crippen LogP contribution in [0.2, 0.25) is 0 Å². The molecule has 6 nitrogen and oxygen atoms in total. The Labute approximate surface area is 172 Å². The third kappa shape index (κ3) is 2.38. The van der Waals surface area contributed by atoms with Gasteiger partial charge in [0.15, 0.2) is 0 Å². The second-order valence-electron chi connectivity index (χ2n) is 4.61. The molecule has 0 bridgehead atoms. The Morgan fingerprint density at radius 1 is 1.05 bits per heavy atom. The van der Waals surface area contributed by atoms with Gasteiger partial charge in [-0.05, 0) is 106 Å². The third-order valence-electron chi connectivity index (χ3n) is 2.96. The van der Waals surface area contributed by atoms with E-state index in [-0.39, 0.29) is 5.62 Å². The van der Waals surface area contributed by atoms with E-state index in [0.717, 1.165) is 18.5 Å². The van der Waals surface area contributed by atoms with Gasteiger partial charge in [-0.25, -0.2) is 23.3 Å². The lowest BCUT2D eigenvalue weighted by molar-refractivity contribution is 0.798. The summed E-state index contributed by atoms with van der Waals surface area (Å²) in [6.45, 7) is 3.94. The van der Waals surface area contributed by atoms with Gasteiger partial charge < -0.3 is 0 Å². The molecule has 3 heterocycles. The summed E-state index contributed by atoms with van der Waals surface area (Å²) in [5.41, 5.74) is 1.28. The van der Waals surface area contributed by atoms with Crippen molar-refractivity contribution in [2.24, 2.45) is 0 Å². The first-order valence-electron chi connectivity index (χ1n) is 5.85. The van der Waals surface area contributed by atoms with Crippen molar-refractivity contribution >= 4 is 102 Å². The van der Waals surface area contributed by atoms with Crippen LogP contribution in [-0.4, -0.2) is 23.3 Å². The number of aromatic nitrogens is 5. The predicted molar refractivity (Wildman–Crippen MR) is 107 cm³/mol. The third-order valence-corrected chi connectivity index (χ3v) is 8.21. The Bertz CT molecular complexity index is 1020. The molecule has 22 heavy (non-hydrogen) atoms. The summed E-state index contributed by atoms with van der Waals surface area (Å²) < 4.78 is 8.99. The number of fused-ring (bicyclic) bond motifs is 3. The molecule has 1 N–H and O–H groups in total. The van der Waals surface area contributed by atoms with Crippen molar-refractivity contribution in [3.8, 4) is 0 Å². The summed E-state index contributed by atoms with van der Waals surface area (Å²) in [5, 5.41) is 8.59. The number of nitrogens with one attached hydrogen (secondary N) is 1. The monoisotopic (exact) mass is 666 g/mol. The van der Waals surface area contributed by atoms with Gasteiger partial charge in [0.2, 0.25) is 17.2 Å². The molecule has 0 aliphatic carbocycles. The van der Waals surface area contributed by atoms with E-state index in [1.807, 2.05) is 18.2 Å². The van der Waals surface area contributed by atoms with E-state index in [2.05, 4.69) is 96.3 Å². The van der Waals surface area contributed by atoms with E-state index in [1.165, 1.54) is 0 Å². The number of hydrogen-bond donors (Lipinski definition) is 1. The molecule has 0 fully saturated rings. The van der Waals surface area contributed by atoms with E-state index in [0.29, 0.717) is 20.8 Å². The zero-order valence-electron chi connectivity index (χ0n) is 11.1. The van der Waals surface area contributed by atoms with Crippen molar-refractivity contribution < 1.29 is 0 Å². The summed E-state index contributed by atoms with van der Waals surface area (Å²) in [4.78, 5) is 9.01. The molecule has 0 unspecified atom stereocenters. The van der Waals surface area contributed by atoms with Crippen LogP contribution in [0, 0.1) is 9.11 Å². The molecule has 0 spiro atoms. The lowest BCUT2D eigenvalue weighted by atomic mass is 10.4. The molecule has 0 radical (unpaired) electrons. The topological polar surface area (TPSA) is 63.4 Å². The second kappa shape index (κ2) is 5.97. The number of nitrogens with zero attached hydrogens (tertiary/aromatic N) is 5. The maximum absolute atomic E-state index is 8.59. The van der Waals surface area contributed by atoms with Gasteiger partial charge in [-0.3, -0.25) is 5.41 Å².